The number of anilines is 1. The molecule has 0 aliphatic carbocycles. The van der Waals surface area contributed by atoms with Gasteiger partial charge in [-0.15, -0.1) is 0 Å². The molecule has 0 aromatic carbocycles. The second-order valence-electron chi connectivity index (χ2n) is 3.55. The van der Waals surface area contributed by atoms with Gasteiger partial charge in [-0.3, -0.25) is 4.79 Å². The number of rotatable bonds is 3. The minimum absolute atomic E-state index is 0.113. The van der Waals surface area contributed by atoms with Crippen molar-refractivity contribution in [2.24, 2.45) is 0 Å². The van der Waals surface area contributed by atoms with E-state index in [1.165, 1.54) is 10.6 Å². The summed E-state index contributed by atoms with van der Waals surface area (Å²) in [6.45, 7) is 0.959. The Labute approximate surface area is 97.5 Å². The Kier molecular flexibility index (Phi) is 2.92. The SMILES string of the molecule is N#Cc1nccn1CCn1cc(N)ccc1=O. The van der Waals surface area contributed by atoms with E-state index in [0.29, 0.717) is 24.6 Å². The van der Waals surface area contributed by atoms with Crippen molar-refractivity contribution in [3.05, 3.63) is 46.9 Å². The third-order valence-electron chi connectivity index (χ3n) is 2.40. The summed E-state index contributed by atoms with van der Waals surface area (Å²) in [6, 6.07) is 4.97. The number of nitrogen functional groups attached to an aromatic ring is 1. The molecule has 6 nitrogen and oxygen atoms in total. The summed E-state index contributed by atoms with van der Waals surface area (Å²) in [4.78, 5) is 15.4. The third kappa shape index (κ3) is 2.34. The Morgan fingerprint density at radius 2 is 2.12 bits per heavy atom. The van der Waals surface area contributed by atoms with Crippen LogP contribution in [0.25, 0.3) is 0 Å². The first-order chi connectivity index (χ1) is 8.20. The molecule has 0 atom stereocenters. The van der Waals surface area contributed by atoms with Crippen LogP contribution >= 0.6 is 0 Å². The Morgan fingerprint density at radius 1 is 1.35 bits per heavy atom. The molecule has 2 heterocycles. The number of nitrogens with zero attached hydrogens (tertiary/aromatic N) is 4. The molecule has 0 fully saturated rings. The lowest BCUT2D eigenvalue weighted by atomic mass is 10.4. The maximum Gasteiger partial charge on any atom is 0.250 e. The summed E-state index contributed by atoms with van der Waals surface area (Å²) >= 11 is 0. The van der Waals surface area contributed by atoms with Gasteiger partial charge in [-0.25, -0.2) is 4.98 Å². The molecule has 2 N–H and O–H groups in total. The van der Waals surface area contributed by atoms with Crippen molar-refractivity contribution < 1.29 is 0 Å². The summed E-state index contributed by atoms with van der Waals surface area (Å²) in [7, 11) is 0. The fourth-order valence-electron chi connectivity index (χ4n) is 1.54. The Balaban J connectivity index is 2.16. The molecule has 17 heavy (non-hydrogen) atoms. The largest absolute Gasteiger partial charge is 0.398 e. The van der Waals surface area contributed by atoms with E-state index in [4.69, 9.17) is 11.0 Å². The predicted octanol–water partition coefficient (Wildman–Crippen LogP) is 0.199. The van der Waals surface area contributed by atoms with E-state index < -0.39 is 0 Å². The molecule has 0 saturated carbocycles. The van der Waals surface area contributed by atoms with Gasteiger partial charge in [0.15, 0.2) is 0 Å². The molecule has 0 saturated heterocycles. The molecule has 6 heteroatoms. The first-order valence-electron chi connectivity index (χ1n) is 5.08. The highest BCUT2D eigenvalue weighted by molar-refractivity contribution is 5.33. The molecule has 0 aliphatic rings. The van der Waals surface area contributed by atoms with Crippen LogP contribution in [0.4, 0.5) is 5.69 Å². The van der Waals surface area contributed by atoms with Crippen LogP contribution in [0, 0.1) is 11.3 Å². The first kappa shape index (κ1) is 11.0. The van der Waals surface area contributed by atoms with Gasteiger partial charge >= 0.3 is 0 Å². The van der Waals surface area contributed by atoms with Crippen molar-refractivity contribution >= 4 is 5.69 Å². The molecule has 2 aromatic heterocycles. The normalized spacial score (nSPS) is 10.1. The van der Waals surface area contributed by atoms with Crippen molar-refractivity contribution in [2.75, 3.05) is 5.73 Å². The molecule has 0 radical (unpaired) electrons. The van der Waals surface area contributed by atoms with Crippen LogP contribution in [0.1, 0.15) is 5.82 Å². The molecule has 0 bridgehead atoms. The Hall–Kier alpha value is -2.55. The zero-order valence-corrected chi connectivity index (χ0v) is 9.08. The van der Waals surface area contributed by atoms with Gasteiger partial charge in [-0.05, 0) is 6.07 Å². The van der Waals surface area contributed by atoms with Crippen molar-refractivity contribution in [2.45, 2.75) is 13.1 Å². The highest BCUT2D eigenvalue weighted by Gasteiger charge is 2.02. The molecule has 0 amide bonds. The van der Waals surface area contributed by atoms with Gasteiger partial charge < -0.3 is 14.9 Å². The van der Waals surface area contributed by atoms with Crippen LogP contribution in [-0.2, 0) is 13.1 Å². The number of imidazole rings is 1. The summed E-state index contributed by atoms with van der Waals surface area (Å²) in [5.74, 6) is 0.335. The van der Waals surface area contributed by atoms with Gasteiger partial charge in [0.25, 0.3) is 5.56 Å². The summed E-state index contributed by atoms with van der Waals surface area (Å²) < 4.78 is 3.20. The maximum atomic E-state index is 11.5. The molecule has 86 valence electrons. The highest BCUT2D eigenvalue weighted by Crippen LogP contribution is 1.99. The zero-order valence-electron chi connectivity index (χ0n) is 9.08. The molecule has 0 aliphatic heterocycles. The van der Waals surface area contributed by atoms with Crippen LogP contribution < -0.4 is 11.3 Å². The lowest BCUT2D eigenvalue weighted by Gasteiger charge is -2.07. The fraction of sp³-hybridized carbons (Fsp3) is 0.182. The van der Waals surface area contributed by atoms with E-state index in [2.05, 4.69) is 4.98 Å². The van der Waals surface area contributed by atoms with E-state index in [1.54, 1.807) is 29.2 Å². The van der Waals surface area contributed by atoms with Gasteiger partial charge in [-0.2, -0.15) is 5.26 Å². The van der Waals surface area contributed by atoms with Crippen LogP contribution in [0.5, 0.6) is 0 Å². The summed E-state index contributed by atoms with van der Waals surface area (Å²) in [6.07, 6.45) is 4.85. The van der Waals surface area contributed by atoms with E-state index in [9.17, 15) is 4.79 Å². The molecule has 0 spiro atoms. The number of hydrogen-bond acceptors (Lipinski definition) is 4. The molecular formula is C11H11N5O. The number of aryl methyl sites for hydroxylation is 2. The minimum atomic E-state index is -0.113. The zero-order chi connectivity index (χ0) is 12.3. The smallest absolute Gasteiger partial charge is 0.250 e. The van der Waals surface area contributed by atoms with Gasteiger partial charge in [0.1, 0.15) is 6.07 Å². The van der Waals surface area contributed by atoms with Crippen LogP contribution in [0.15, 0.2) is 35.5 Å². The van der Waals surface area contributed by atoms with E-state index >= 15 is 0 Å². The van der Waals surface area contributed by atoms with Gasteiger partial charge in [-0.1, -0.05) is 0 Å². The second kappa shape index (κ2) is 4.53. The minimum Gasteiger partial charge on any atom is -0.398 e. The average Bonchev–Trinajstić information content (AvgIpc) is 2.77. The molecular weight excluding hydrogens is 218 g/mol. The van der Waals surface area contributed by atoms with Gasteiger partial charge in [0.2, 0.25) is 5.82 Å². The maximum absolute atomic E-state index is 11.5. The average molecular weight is 229 g/mol. The van der Waals surface area contributed by atoms with Crippen LogP contribution in [-0.4, -0.2) is 14.1 Å². The monoisotopic (exact) mass is 229 g/mol. The van der Waals surface area contributed by atoms with Crippen molar-refractivity contribution in [1.29, 1.82) is 5.26 Å². The number of pyridine rings is 1. The lowest BCUT2D eigenvalue weighted by Crippen LogP contribution is -2.21. The topological polar surface area (TPSA) is 89.6 Å². The van der Waals surface area contributed by atoms with Gasteiger partial charge in [0, 0.05) is 43.4 Å². The van der Waals surface area contributed by atoms with Crippen LogP contribution in [0.2, 0.25) is 0 Å². The van der Waals surface area contributed by atoms with Crippen molar-refractivity contribution in [1.82, 2.24) is 14.1 Å². The molecule has 0 unspecified atom stereocenters. The predicted molar refractivity (Wildman–Crippen MR) is 62.1 cm³/mol. The second-order valence-corrected chi connectivity index (χ2v) is 3.55. The number of aromatic nitrogens is 3. The van der Waals surface area contributed by atoms with E-state index in [-0.39, 0.29) is 5.56 Å². The molecule has 2 rings (SSSR count). The van der Waals surface area contributed by atoms with Crippen molar-refractivity contribution in [3.63, 3.8) is 0 Å². The number of nitrogens with two attached hydrogens (primary N) is 1. The Morgan fingerprint density at radius 3 is 2.88 bits per heavy atom. The van der Waals surface area contributed by atoms with Crippen molar-refractivity contribution in [3.8, 4) is 6.07 Å². The summed E-state index contributed by atoms with van der Waals surface area (Å²) in [5, 5.41) is 8.78. The van der Waals surface area contributed by atoms with E-state index in [1.807, 2.05) is 6.07 Å². The third-order valence-corrected chi connectivity index (χ3v) is 2.40. The summed E-state index contributed by atoms with van der Waals surface area (Å²) in [5.41, 5.74) is 6.03. The fourth-order valence-corrected chi connectivity index (χ4v) is 1.54. The standard InChI is InChI=1S/C11H11N5O/c12-7-10-14-3-4-15(10)5-6-16-8-9(13)1-2-11(16)17/h1-4,8H,5-6,13H2. The number of hydrogen-bond donors (Lipinski definition) is 1. The first-order valence-corrected chi connectivity index (χ1v) is 5.08. The highest BCUT2D eigenvalue weighted by atomic mass is 16.1. The molecule has 2 aromatic rings. The quantitative estimate of drug-likeness (QED) is 0.814. The Bertz CT molecular complexity index is 619. The number of nitriles is 1. The van der Waals surface area contributed by atoms with E-state index in [0.717, 1.165) is 0 Å². The lowest BCUT2D eigenvalue weighted by molar-refractivity contribution is 0.562. The van der Waals surface area contributed by atoms with Gasteiger partial charge in [0.05, 0.1) is 0 Å². The van der Waals surface area contributed by atoms with Crippen LogP contribution in [0.3, 0.4) is 0 Å².